The summed E-state index contributed by atoms with van der Waals surface area (Å²) in [7, 11) is -3.59. The first-order valence-electron chi connectivity index (χ1n) is 8.18. The van der Waals surface area contributed by atoms with Gasteiger partial charge in [0.1, 0.15) is 0 Å². The van der Waals surface area contributed by atoms with Crippen molar-refractivity contribution in [1.82, 2.24) is 0 Å². The summed E-state index contributed by atoms with van der Waals surface area (Å²) < 4.78 is 28.9. The van der Waals surface area contributed by atoms with E-state index in [0.29, 0.717) is 6.54 Å². The molecule has 2 aromatic carbocycles. The smallest absolute Gasteiger partial charge is 0.340 e. The topological polar surface area (TPSA) is 80.8 Å². The lowest BCUT2D eigenvalue weighted by molar-refractivity contribution is -0.126. The zero-order valence-corrected chi connectivity index (χ0v) is 15.3. The van der Waals surface area contributed by atoms with Crippen molar-refractivity contribution in [3.05, 3.63) is 59.7 Å². The van der Waals surface area contributed by atoms with Crippen LogP contribution in [0.3, 0.4) is 0 Å². The van der Waals surface area contributed by atoms with E-state index < -0.39 is 21.9 Å². The number of benzene rings is 2. The molecule has 0 aliphatic carbocycles. The van der Waals surface area contributed by atoms with Crippen molar-refractivity contribution in [2.24, 2.45) is 0 Å². The maximum atomic E-state index is 12.7. The Morgan fingerprint density at radius 1 is 1.08 bits per heavy atom. The van der Waals surface area contributed by atoms with Crippen molar-refractivity contribution in [2.45, 2.75) is 24.3 Å². The summed E-state index contributed by atoms with van der Waals surface area (Å²) in [6.45, 7) is 2.02. The lowest BCUT2D eigenvalue weighted by Gasteiger charge is -2.22. The third-order valence-electron chi connectivity index (χ3n) is 4.29. The van der Waals surface area contributed by atoms with Crippen LogP contribution in [-0.4, -0.2) is 39.2 Å². The van der Waals surface area contributed by atoms with Gasteiger partial charge in [-0.1, -0.05) is 30.3 Å². The highest BCUT2D eigenvalue weighted by Crippen LogP contribution is 2.28. The molecule has 0 spiro atoms. The van der Waals surface area contributed by atoms with E-state index in [1.165, 1.54) is 25.1 Å². The van der Waals surface area contributed by atoms with Crippen LogP contribution in [0.15, 0.2) is 53.4 Å². The lowest BCUT2D eigenvalue weighted by atomic mass is 10.2. The number of rotatable bonds is 4. The molecule has 0 saturated carbocycles. The fourth-order valence-corrected chi connectivity index (χ4v) is 3.90. The number of ether oxygens (including phenoxy) is 1. The van der Waals surface area contributed by atoms with Gasteiger partial charge in [-0.25, -0.2) is 13.2 Å². The number of anilines is 1. The predicted octanol–water partition coefficient (Wildman–Crippen LogP) is 2.22. The molecule has 26 heavy (non-hydrogen) atoms. The summed E-state index contributed by atoms with van der Waals surface area (Å²) in [4.78, 5) is 26.6. The molecule has 3 rings (SSSR count). The highest BCUT2D eigenvalue weighted by Gasteiger charge is 2.30. The molecule has 0 fully saturated rings. The number of carbonyl (C=O) groups is 2. The molecule has 1 aliphatic heterocycles. The summed E-state index contributed by atoms with van der Waals surface area (Å²) in [5, 5.41) is 0. The molecular formula is C19H19NO5S. The largest absolute Gasteiger partial charge is 0.449 e. The summed E-state index contributed by atoms with van der Waals surface area (Å²) in [6.07, 6.45) is 0.746. The number of para-hydroxylation sites is 1. The third-order valence-corrected chi connectivity index (χ3v) is 5.45. The molecule has 0 aromatic heterocycles. The highest BCUT2D eigenvalue weighted by molar-refractivity contribution is 7.90. The van der Waals surface area contributed by atoms with Crippen LogP contribution >= 0.6 is 0 Å². The van der Waals surface area contributed by atoms with Crippen molar-refractivity contribution in [3.8, 4) is 0 Å². The van der Waals surface area contributed by atoms with Crippen LogP contribution in [0.4, 0.5) is 5.69 Å². The van der Waals surface area contributed by atoms with Gasteiger partial charge in [0.25, 0.3) is 5.91 Å². The molecule has 0 N–H and O–H groups in total. The summed E-state index contributed by atoms with van der Waals surface area (Å²) in [6, 6.07) is 13.4. The lowest BCUT2D eigenvalue weighted by Crippen LogP contribution is -2.39. The number of sulfone groups is 1. The van der Waals surface area contributed by atoms with Gasteiger partial charge in [-0.15, -0.1) is 0 Å². The van der Waals surface area contributed by atoms with Crippen molar-refractivity contribution >= 4 is 27.4 Å². The quantitative estimate of drug-likeness (QED) is 0.768. The Morgan fingerprint density at radius 3 is 2.46 bits per heavy atom. The number of nitrogens with zero attached hydrogens (tertiary/aromatic N) is 1. The SMILES string of the molecule is C[C@@H](OC(=O)c1ccccc1S(C)(=O)=O)C(=O)N1CCc2ccccc21. The average Bonchev–Trinajstić information content (AvgIpc) is 3.04. The number of amides is 1. The van der Waals surface area contributed by atoms with Crippen molar-refractivity contribution in [1.29, 1.82) is 0 Å². The maximum absolute atomic E-state index is 12.7. The molecule has 0 saturated heterocycles. The van der Waals surface area contributed by atoms with E-state index in [-0.39, 0.29) is 16.4 Å². The van der Waals surface area contributed by atoms with Gasteiger partial charge in [-0.3, -0.25) is 4.79 Å². The average molecular weight is 373 g/mol. The number of hydrogen-bond acceptors (Lipinski definition) is 5. The first-order valence-corrected chi connectivity index (χ1v) is 10.1. The fourth-order valence-electron chi connectivity index (χ4n) is 3.02. The first kappa shape index (κ1) is 18.1. The number of fused-ring (bicyclic) bond motifs is 1. The zero-order valence-electron chi connectivity index (χ0n) is 14.5. The van der Waals surface area contributed by atoms with E-state index in [2.05, 4.69) is 0 Å². The monoisotopic (exact) mass is 373 g/mol. The van der Waals surface area contributed by atoms with Gasteiger partial charge in [-0.2, -0.15) is 0 Å². The van der Waals surface area contributed by atoms with E-state index in [4.69, 9.17) is 4.74 Å². The van der Waals surface area contributed by atoms with Crippen LogP contribution in [-0.2, 0) is 25.8 Å². The van der Waals surface area contributed by atoms with E-state index in [0.717, 1.165) is 23.9 Å². The standard InChI is InChI=1S/C19H19NO5S/c1-13(18(21)20-12-11-14-7-3-5-9-16(14)20)25-19(22)15-8-4-6-10-17(15)26(2,23)24/h3-10,13H,11-12H2,1-2H3/t13-/m1/s1. The van der Waals surface area contributed by atoms with E-state index in [9.17, 15) is 18.0 Å². The van der Waals surface area contributed by atoms with Gasteiger partial charge in [-0.05, 0) is 37.1 Å². The molecule has 6 nitrogen and oxygen atoms in total. The highest BCUT2D eigenvalue weighted by atomic mass is 32.2. The molecule has 2 aromatic rings. The van der Waals surface area contributed by atoms with E-state index in [1.54, 1.807) is 11.0 Å². The molecule has 0 unspecified atom stereocenters. The fraction of sp³-hybridized carbons (Fsp3) is 0.263. The van der Waals surface area contributed by atoms with Gasteiger partial charge in [0.05, 0.1) is 10.5 Å². The van der Waals surface area contributed by atoms with Crippen LogP contribution in [0.5, 0.6) is 0 Å². The molecule has 7 heteroatoms. The second-order valence-corrected chi connectivity index (χ2v) is 8.17. The van der Waals surface area contributed by atoms with Gasteiger partial charge < -0.3 is 9.64 Å². The number of hydrogen-bond donors (Lipinski definition) is 0. The second kappa shape index (κ2) is 6.92. The minimum atomic E-state index is -3.59. The maximum Gasteiger partial charge on any atom is 0.340 e. The molecule has 1 heterocycles. The predicted molar refractivity (Wildman–Crippen MR) is 96.9 cm³/mol. The van der Waals surface area contributed by atoms with Crippen molar-refractivity contribution in [3.63, 3.8) is 0 Å². The molecule has 1 aliphatic rings. The van der Waals surface area contributed by atoms with Gasteiger partial charge in [0.2, 0.25) is 0 Å². The minimum absolute atomic E-state index is 0.0727. The van der Waals surface area contributed by atoms with Crippen molar-refractivity contribution < 1.29 is 22.7 Å². The molecular weight excluding hydrogens is 354 g/mol. The zero-order chi connectivity index (χ0) is 18.9. The van der Waals surface area contributed by atoms with Gasteiger partial charge in [0, 0.05) is 18.5 Å². The summed E-state index contributed by atoms with van der Waals surface area (Å²) >= 11 is 0. The Labute approximate surface area is 152 Å². The van der Waals surface area contributed by atoms with Crippen LogP contribution < -0.4 is 4.90 Å². The Hall–Kier alpha value is -2.67. The minimum Gasteiger partial charge on any atom is -0.449 e. The van der Waals surface area contributed by atoms with E-state index >= 15 is 0 Å². The van der Waals surface area contributed by atoms with Crippen molar-refractivity contribution in [2.75, 3.05) is 17.7 Å². The molecule has 0 radical (unpaired) electrons. The normalized spacial score (nSPS) is 14.6. The van der Waals surface area contributed by atoms with Crippen LogP contribution in [0.1, 0.15) is 22.8 Å². The summed E-state index contributed by atoms with van der Waals surface area (Å²) in [5.41, 5.74) is 1.82. The molecule has 136 valence electrons. The van der Waals surface area contributed by atoms with Gasteiger partial charge >= 0.3 is 5.97 Å². The van der Waals surface area contributed by atoms with E-state index in [1.807, 2.05) is 24.3 Å². The van der Waals surface area contributed by atoms with Crippen LogP contribution in [0, 0.1) is 0 Å². The molecule has 1 amide bonds. The Morgan fingerprint density at radius 2 is 1.73 bits per heavy atom. The van der Waals surface area contributed by atoms with Crippen LogP contribution in [0.25, 0.3) is 0 Å². The third kappa shape index (κ3) is 3.48. The van der Waals surface area contributed by atoms with Crippen LogP contribution in [0.2, 0.25) is 0 Å². The number of esters is 1. The van der Waals surface area contributed by atoms with Gasteiger partial charge in [0.15, 0.2) is 15.9 Å². The Kier molecular flexibility index (Phi) is 4.82. The molecule has 0 bridgehead atoms. The molecule has 1 atom stereocenters. The Bertz CT molecular complexity index is 967. The Balaban J connectivity index is 1.78. The summed E-state index contributed by atoms with van der Waals surface area (Å²) in [5.74, 6) is -1.17. The first-order chi connectivity index (χ1) is 12.3. The number of carbonyl (C=O) groups excluding carboxylic acids is 2. The second-order valence-electron chi connectivity index (χ2n) is 6.18.